The summed E-state index contributed by atoms with van der Waals surface area (Å²) in [5.74, 6) is 3.67. The van der Waals surface area contributed by atoms with Crippen LogP contribution in [0.1, 0.15) is 5.56 Å². The number of methoxy groups -OCH3 is 2. The average molecular weight is 240 g/mol. The average Bonchev–Trinajstić information content (AvgIpc) is 2.28. The largest absolute Gasteiger partial charge is 0.493 e. The molecular weight excluding hydrogens is 226 g/mol. The van der Waals surface area contributed by atoms with Gasteiger partial charge in [0.2, 0.25) is 0 Å². The first-order valence-corrected chi connectivity index (χ1v) is 5.15. The summed E-state index contributed by atoms with van der Waals surface area (Å²) in [4.78, 5) is 0. The van der Waals surface area contributed by atoms with Crippen molar-refractivity contribution in [1.29, 1.82) is 0 Å². The first kappa shape index (κ1) is 12.7. The Morgan fingerprint density at radius 1 is 1.38 bits per heavy atom. The molecule has 0 radical (unpaired) electrons. The lowest BCUT2D eigenvalue weighted by molar-refractivity contribution is 0.354. The van der Waals surface area contributed by atoms with Gasteiger partial charge in [-0.2, -0.15) is 0 Å². The van der Waals surface area contributed by atoms with Gasteiger partial charge in [0.05, 0.1) is 25.8 Å². The third kappa shape index (κ3) is 3.06. The summed E-state index contributed by atoms with van der Waals surface area (Å²) < 4.78 is 10.3. The Morgan fingerprint density at radius 2 is 2.12 bits per heavy atom. The molecule has 86 valence electrons. The summed E-state index contributed by atoms with van der Waals surface area (Å²) in [5.41, 5.74) is 0.998. The van der Waals surface area contributed by atoms with Gasteiger partial charge in [0.15, 0.2) is 11.5 Å². The van der Waals surface area contributed by atoms with E-state index in [1.807, 2.05) is 12.1 Å². The lowest BCUT2D eigenvalue weighted by Gasteiger charge is -2.11. The zero-order valence-electron chi connectivity index (χ0n) is 9.34. The monoisotopic (exact) mass is 239 g/mol. The summed E-state index contributed by atoms with van der Waals surface area (Å²) in [6.07, 6.45) is 5.14. The van der Waals surface area contributed by atoms with Crippen molar-refractivity contribution in [3.05, 3.63) is 22.7 Å². The molecule has 4 heteroatoms. The van der Waals surface area contributed by atoms with E-state index in [2.05, 4.69) is 11.2 Å². The Balaban J connectivity index is 2.88. The molecule has 0 spiro atoms. The highest BCUT2D eigenvalue weighted by Gasteiger charge is 2.10. The van der Waals surface area contributed by atoms with Gasteiger partial charge in [-0.15, -0.1) is 6.42 Å². The van der Waals surface area contributed by atoms with Gasteiger partial charge in [0, 0.05) is 6.54 Å². The molecule has 0 amide bonds. The molecule has 1 N–H and O–H groups in total. The summed E-state index contributed by atoms with van der Waals surface area (Å²) in [6.45, 7) is 1.16. The van der Waals surface area contributed by atoms with Crippen LogP contribution in [0.5, 0.6) is 11.5 Å². The summed E-state index contributed by atoms with van der Waals surface area (Å²) in [5, 5.41) is 3.60. The molecule has 0 fully saturated rings. The molecule has 0 heterocycles. The second-order valence-electron chi connectivity index (χ2n) is 3.12. The van der Waals surface area contributed by atoms with Crippen LogP contribution in [0.25, 0.3) is 0 Å². The van der Waals surface area contributed by atoms with Crippen molar-refractivity contribution in [3.8, 4) is 23.8 Å². The number of terminal acetylenes is 1. The fourth-order valence-electron chi connectivity index (χ4n) is 1.35. The van der Waals surface area contributed by atoms with E-state index in [9.17, 15) is 0 Å². The molecule has 1 rings (SSSR count). The number of benzene rings is 1. The third-order valence-electron chi connectivity index (χ3n) is 2.05. The first-order valence-electron chi connectivity index (χ1n) is 4.77. The predicted octanol–water partition coefficient (Wildman–Crippen LogP) is 2.08. The van der Waals surface area contributed by atoms with Crippen LogP contribution in [-0.4, -0.2) is 20.8 Å². The molecule has 0 saturated carbocycles. The SMILES string of the molecule is C#CCNCc1cc(Cl)c(OC)c(OC)c1. The minimum atomic E-state index is 0.520. The summed E-state index contributed by atoms with van der Waals surface area (Å²) in [7, 11) is 3.13. The number of nitrogens with one attached hydrogen (secondary N) is 1. The highest BCUT2D eigenvalue weighted by atomic mass is 35.5. The normalized spacial score (nSPS) is 9.62. The van der Waals surface area contributed by atoms with Gasteiger partial charge in [0.25, 0.3) is 0 Å². The first-order chi connectivity index (χ1) is 7.72. The molecule has 16 heavy (non-hydrogen) atoms. The third-order valence-corrected chi connectivity index (χ3v) is 2.33. The quantitative estimate of drug-likeness (QED) is 0.631. The van der Waals surface area contributed by atoms with Crippen molar-refractivity contribution >= 4 is 11.6 Å². The van der Waals surface area contributed by atoms with Crippen LogP contribution in [-0.2, 0) is 6.54 Å². The van der Waals surface area contributed by atoms with Crippen molar-refractivity contribution in [2.75, 3.05) is 20.8 Å². The van der Waals surface area contributed by atoms with Crippen LogP contribution in [0.3, 0.4) is 0 Å². The van der Waals surface area contributed by atoms with Gasteiger partial charge < -0.3 is 14.8 Å². The van der Waals surface area contributed by atoms with Crippen LogP contribution in [0.15, 0.2) is 12.1 Å². The summed E-state index contributed by atoms with van der Waals surface area (Å²) >= 11 is 6.05. The Labute approximate surface area is 101 Å². The van der Waals surface area contributed by atoms with Gasteiger partial charge >= 0.3 is 0 Å². The number of ether oxygens (including phenoxy) is 2. The van der Waals surface area contributed by atoms with Gasteiger partial charge in [-0.05, 0) is 17.7 Å². The topological polar surface area (TPSA) is 30.5 Å². The maximum atomic E-state index is 6.05. The molecule has 0 atom stereocenters. The maximum absolute atomic E-state index is 6.05. The van der Waals surface area contributed by atoms with Crippen molar-refractivity contribution < 1.29 is 9.47 Å². The van der Waals surface area contributed by atoms with E-state index in [-0.39, 0.29) is 0 Å². The number of rotatable bonds is 5. The molecule has 0 saturated heterocycles. The molecule has 1 aromatic rings. The second kappa shape index (κ2) is 6.26. The second-order valence-corrected chi connectivity index (χ2v) is 3.53. The van der Waals surface area contributed by atoms with Crippen molar-refractivity contribution in [2.45, 2.75) is 6.54 Å². The molecule has 1 aromatic carbocycles. The van der Waals surface area contributed by atoms with Crippen molar-refractivity contribution in [1.82, 2.24) is 5.32 Å². The molecule has 0 aliphatic rings. The van der Waals surface area contributed by atoms with E-state index in [0.717, 1.165) is 5.56 Å². The van der Waals surface area contributed by atoms with Crippen molar-refractivity contribution in [2.24, 2.45) is 0 Å². The van der Waals surface area contributed by atoms with Crippen LogP contribution in [0, 0.1) is 12.3 Å². The molecule has 0 aliphatic carbocycles. The fraction of sp³-hybridized carbons (Fsp3) is 0.333. The highest BCUT2D eigenvalue weighted by Crippen LogP contribution is 2.35. The van der Waals surface area contributed by atoms with Crippen LogP contribution >= 0.6 is 11.6 Å². The molecule has 0 bridgehead atoms. The minimum Gasteiger partial charge on any atom is -0.493 e. The molecular formula is C12H14ClNO2. The standard InChI is InChI=1S/C12H14ClNO2/c1-4-5-14-8-9-6-10(13)12(16-3)11(7-9)15-2/h1,6-7,14H,5,8H2,2-3H3. The van der Waals surface area contributed by atoms with Crippen LogP contribution < -0.4 is 14.8 Å². The van der Waals surface area contributed by atoms with E-state index in [4.69, 9.17) is 27.5 Å². The molecule has 0 unspecified atom stereocenters. The number of hydrogen-bond acceptors (Lipinski definition) is 3. The Morgan fingerprint density at radius 3 is 2.69 bits per heavy atom. The smallest absolute Gasteiger partial charge is 0.179 e. The predicted molar refractivity (Wildman–Crippen MR) is 65.1 cm³/mol. The Kier molecular flexibility index (Phi) is 4.97. The van der Waals surface area contributed by atoms with Crippen LogP contribution in [0.4, 0.5) is 0 Å². The van der Waals surface area contributed by atoms with Gasteiger partial charge in [-0.25, -0.2) is 0 Å². The van der Waals surface area contributed by atoms with Crippen molar-refractivity contribution in [3.63, 3.8) is 0 Å². The lowest BCUT2D eigenvalue weighted by Crippen LogP contribution is -2.13. The minimum absolute atomic E-state index is 0.520. The van der Waals surface area contributed by atoms with E-state index < -0.39 is 0 Å². The van der Waals surface area contributed by atoms with Gasteiger partial charge in [-0.3, -0.25) is 0 Å². The molecule has 0 aliphatic heterocycles. The Hall–Kier alpha value is -1.37. The van der Waals surface area contributed by atoms with E-state index in [1.165, 1.54) is 0 Å². The lowest BCUT2D eigenvalue weighted by atomic mass is 10.2. The van der Waals surface area contributed by atoms with Gasteiger partial charge in [0.1, 0.15) is 0 Å². The number of halogens is 1. The Bertz CT molecular complexity index is 399. The fourth-order valence-corrected chi connectivity index (χ4v) is 1.66. The van der Waals surface area contributed by atoms with E-state index in [0.29, 0.717) is 29.6 Å². The van der Waals surface area contributed by atoms with Crippen LogP contribution in [0.2, 0.25) is 5.02 Å². The van der Waals surface area contributed by atoms with Gasteiger partial charge in [-0.1, -0.05) is 17.5 Å². The zero-order chi connectivity index (χ0) is 12.0. The number of hydrogen-bond donors (Lipinski definition) is 1. The maximum Gasteiger partial charge on any atom is 0.179 e. The molecule has 0 aromatic heterocycles. The summed E-state index contributed by atoms with van der Waals surface area (Å²) in [6, 6.07) is 3.70. The zero-order valence-corrected chi connectivity index (χ0v) is 10.1. The molecule has 3 nitrogen and oxygen atoms in total. The van der Waals surface area contributed by atoms with E-state index in [1.54, 1.807) is 14.2 Å². The highest BCUT2D eigenvalue weighted by molar-refractivity contribution is 6.32. The van der Waals surface area contributed by atoms with E-state index >= 15 is 0 Å².